The largest absolute Gasteiger partial charge is 0.487 e. The fraction of sp³-hybridized carbons (Fsp3) is 0.419. The van der Waals surface area contributed by atoms with Gasteiger partial charge in [-0.3, -0.25) is 9.11 Å². The van der Waals surface area contributed by atoms with Crippen LogP contribution in [0.3, 0.4) is 0 Å². The first-order valence-electron chi connectivity index (χ1n) is 14.0. The molecule has 3 aromatic rings. The highest BCUT2D eigenvalue weighted by atomic mass is 32.2. The maximum absolute atomic E-state index is 11.8. The number of ether oxygens (including phenoxy) is 4. The molecule has 0 heterocycles. The summed E-state index contributed by atoms with van der Waals surface area (Å²) in [5.74, 6) is 1.01. The van der Waals surface area contributed by atoms with Crippen LogP contribution in [0.4, 0.5) is 0 Å². The molecule has 12 heteroatoms. The van der Waals surface area contributed by atoms with Crippen LogP contribution in [0.15, 0.2) is 78.9 Å². The lowest BCUT2D eigenvalue weighted by molar-refractivity contribution is 0.0887. The molecule has 0 amide bonds. The summed E-state index contributed by atoms with van der Waals surface area (Å²) >= 11 is 0. The Kier molecular flexibility index (Phi) is 13.9. The molecule has 2 N–H and O–H groups in total. The maximum Gasteiger partial charge on any atom is 0.268 e. The molecule has 2 unspecified atom stereocenters. The molecule has 236 valence electrons. The lowest BCUT2D eigenvalue weighted by atomic mass is 10.1. The summed E-state index contributed by atoms with van der Waals surface area (Å²) in [5, 5.41) is -1.92. The van der Waals surface area contributed by atoms with Crippen LogP contribution in [0.2, 0.25) is 0 Å². The molecule has 0 fully saturated rings. The van der Waals surface area contributed by atoms with Gasteiger partial charge in [0.1, 0.15) is 13.2 Å². The molecule has 0 bridgehead atoms. The fourth-order valence-electron chi connectivity index (χ4n) is 4.37. The SMILES string of the molecule is Cc1ccc(OCCOCCC(Cc2ccccc2)S(=O)(=O)O)c(OCCOCCC(Cc2ccccc2)S(=O)(=O)O)c1. The lowest BCUT2D eigenvalue weighted by Gasteiger charge is -2.16. The Balaban J connectivity index is 1.37. The summed E-state index contributed by atoms with van der Waals surface area (Å²) in [6.07, 6.45) is 0.678. The van der Waals surface area contributed by atoms with Crippen LogP contribution in [0.25, 0.3) is 0 Å². The van der Waals surface area contributed by atoms with E-state index in [0.717, 1.165) is 16.7 Å². The van der Waals surface area contributed by atoms with Crippen molar-refractivity contribution >= 4 is 20.2 Å². The number of benzene rings is 3. The smallest absolute Gasteiger partial charge is 0.268 e. The van der Waals surface area contributed by atoms with Gasteiger partial charge in [0.2, 0.25) is 0 Å². The summed E-state index contributed by atoms with van der Waals surface area (Å²) in [4.78, 5) is 0. The van der Waals surface area contributed by atoms with E-state index in [4.69, 9.17) is 18.9 Å². The van der Waals surface area contributed by atoms with E-state index >= 15 is 0 Å². The van der Waals surface area contributed by atoms with Crippen LogP contribution < -0.4 is 9.47 Å². The van der Waals surface area contributed by atoms with Crippen LogP contribution in [0.1, 0.15) is 29.5 Å². The van der Waals surface area contributed by atoms with Crippen molar-refractivity contribution in [3.8, 4) is 11.5 Å². The molecule has 0 saturated carbocycles. The molecule has 2 atom stereocenters. The van der Waals surface area contributed by atoms with E-state index in [1.807, 2.05) is 79.7 Å². The van der Waals surface area contributed by atoms with Crippen molar-refractivity contribution in [1.82, 2.24) is 0 Å². The first-order valence-corrected chi connectivity index (χ1v) is 17.0. The van der Waals surface area contributed by atoms with Crippen molar-refractivity contribution in [2.75, 3.05) is 39.6 Å². The predicted molar refractivity (Wildman–Crippen MR) is 164 cm³/mol. The second-order valence-corrected chi connectivity index (χ2v) is 13.5. The average Bonchev–Trinajstić information content (AvgIpc) is 2.96. The minimum Gasteiger partial charge on any atom is -0.487 e. The molecule has 0 aromatic heterocycles. The van der Waals surface area contributed by atoms with Gasteiger partial charge in [0.25, 0.3) is 20.2 Å². The van der Waals surface area contributed by atoms with Gasteiger partial charge in [0, 0.05) is 13.2 Å². The fourth-order valence-corrected chi connectivity index (χ4v) is 5.96. The highest BCUT2D eigenvalue weighted by Crippen LogP contribution is 2.28. The van der Waals surface area contributed by atoms with Crippen molar-refractivity contribution in [2.45, 2.75) is 43.1 Å². The summed E-state index contributed by atoms with van der Waals surface area (Å²) < 4.78 is 89.2. The van der Waals surface area contributed by atoms with Crippen LogP contribution in [0, 0.1) is 6.92 Å². The Hall–Kier alpha value is -3.00. The molecule has 10 nitrogen and oxygen atoms in total. The molecular formula is C31H40O10S2. The van der Waals surface area contributed by atoms with Gasteiger partial charge < -0.3 is 18.9 Å². The predicted octanol–water partition coefficient (Wildman–Crippen LogP) is 4.56. The van der Waals surface area contributed by atoms with E-state index in [-0.39, 0.29) is 65.3 Å². The average molecular weight is 637 g/mol. The summed E-state index contributed by atoms with van der Waals surface area (Å²) in [5.41, 5.74) is 2.60. The minimum absolute atomic E-state index is 0.138. The number of hydrogen-bond acceptors (Lipinski definition) is 8. The standard InChI is InChI=1S/C31H40O10S2/c1-25-12-13-30(40-20-18-38-16-14-28(42(32,33)34)23-26-8-4-2-5-9-26)31(22-25)41-21-19-39-17-15-29(43(35,36)37)24-27-10-6-3-7-11-27/h2-13,22,28-29H,14-21,23-24H2,1H3,(H,32,33,34)(H,35,36,37). The second-order valence-electron chi connectivity index (χ2n) is 10.1. The molecule has 0 spiro atoms. The van der Waals surface area contributed by atoms with Crippen molar-refractivity contribution in [1.29, 1.82) is 0 Å². The van der Waals surface area contributed by atoms with Crippen LogP contribution >= 0.6 is 0 Å². The van der Waals surface area contributed by atoms with Gasteiger partial charge in [-0.1, -0.05) is 66.7 Å². The molecule has 0 aliphatic rings. The van der Waals surface area contributed by atoms with Gasteiger partial charge >= 0.3 is 0 Å². The highest BCUT2D eigenvalue weighted by Gasteiger charge is 2.24. The third-order valence-corrected chi connectivity index (χ3v) is 9.18. The van der Waals surface area contributed by atoms with E-state index < -0.39 is 30.7 Å². The number of hydrogen-bond donors (Lipinski definition) is 2. The van der Waals surface area contributed by atoms with Gasteiger partial charge in [0.15, 0.2) is 11.5 Å². The topological polar surface area (TPSA) is 146 Å². The zero-order chi connectivity index (χ0) is 31.1. The van der Waals surface area contributed by atoms with E-state index in [2.05, 4.69) is 0 Å². The molecule has 3 rings (SSSR count). The molecule has 43 heavy (non-hydrogen) atoms. The molecule has 0 aliphatic heterocycles. The van der Waals surface area contributed by atoms with Gasteiger partial charge in [-0.2, -0.15) is 16.8 Å². The van der Waals surface area contributed by atoms with Gasteiger partial charge in [-0.25, -0.2) is 0 Å². The molecular weight excluding hydrogens is 596 g/mol. The monoisotopic (exact) mass is 636 g/mol. The van der Waals surface area contributed by atoms with Crippen LogP contribution in [-0.2, 0) is 42.6 Å². The van der Waals surface area contributed by atoms with E-state index in [0.29, 0.717) is 11.5 Å². The Bertz CT molecular complexity index is 1450. The number of aryl methyl sites for hydroxylation is 1. The minimum atomic E-state index is -4.22. The van der Waals surface area contributed by atoms with Gasteiger partial charge in [0.05, 0.1) is 23.7 Å². The van der Waals surface area contributed by atoms with Crippen molar-refractivity contribution in [3.63, 3.8) is 0 Å². The summed E-state index contributed by atoms with van der Waals surface area (Å²) in [6.45, 7) is 3.00. The van der Waals surface area contributed by atoms with Crippen molar-refractivity contribution < 1.29 is 44.9 Å². The van der Waals surface area contributed by atoms with E-state index in [9.17, 15) is 25.9 Å². The third kappa shape index (κ3) is 13.0. The van der Waals surface area contributed by atoms with Crippen molar-refractivity contribution in [3.05, 3.63) is 95.6 Å². The molecule has 0 saturated heterocycles. The quantitative estimate of drug-likeness (QED) is 0.134. The lowest BCUT2D eigenvalue weighted by Crippen LogP contribution is -2.25. The van der Waals surface area contributed by atoms with Crippen LogP contribution in [0.5, 0.6) is 11.5 Å². The maximum atomic E-state index is 11.8. The zero-order valence-corrected chi connectivity index (χ0v) is 25.8. The molecule has 3 aromatic carbocycles. The Labute approximate surface area is 254 Å². The van der Waals surface area contributed by atoms with Crippen LogP contribution in [-0.4, -0.2) is 76.1 Å². The Morgan fingerprint density at radius 3 is 1.47 bits per heavy atom. The van der Waals surface area contributed by atoms with Crippen molar-refractivity contribution in [2.24, 2.45) is 0 Å². The Morgan fingerprint density at radius 1 is 0.581 bits per heavy atom. The number of rotatable bonds is 20. The first-order chi connectivity index (χ1) is 20.5. The summed E-state index contributed by atoms with van der Waals surface area (Å²) in [7, 11) is -8.45. The normalized spacial score (nSPS) is 13.4. The van der Waals surface area contributed by atoms with E-state index in [1.165, 1.54) is 0 Å². The Morgan fingerprint density at radius 2 is 1.02 bits per heavy atom. The highest BCUT2D eigenvalue weighted by molar-refractivity contribution is 7.86. The molecule has 0 radical (unpaired) electrons. The zero-order valence-electron chi connectivity index (χ0n) is 24.2. The summed E-state index contributed by atoms with van der Waals surface area (Å²) in [6, 6.07) is 23.7. The third-order valence-electron chi connectivity index (χ3n) is 6.69. The van der Waals surface area contributed by atoms with E-state index in [1.54, 1.807) is 6.07 Å². The second kappa shape index (κ2) is 17.3. The van der Waals surface area contributed by atoms with Gasteiger partial charge in [-0.15, -0.1) is 0 Å². The molecule has 0 aliphatic carbocycles. The van der Waals surface area contributed by atoms with Gasteiger partial charge in [-0.05, 0) is 61.4 Å². The first kappa shape index (κ1) is 34.5.